The number of hydrogen-bond acceptors (Lipinski definition) is 5. The van der Waals surface area contributed by atoms with Crippen LogP contribution in [-0.2, 0) is 15.6 Å². The van der Waals surface area contributed by atoms with E-state index in [1.807, 2.05) is 0 Å². The Morgan fingerprint density at radius 1 is 1.22 bits per heavy atom. The summed E-state index contributed by atoms with van der Waals surface area (Å²) in [6.45, 7) is 0. The predicted octanol–water partition coefficient (Wildman–Crippen LogP) is 1.35. The summed E-state index contributed by atoms with van der Waals surface area (Å²) < 4.78 is 28.6. The second-order valence-electron chi connectivity index (χ2n) is 3.57. The minimum Gasteiger partial charge on any atom is -0.478 e. The topological polar surface area (TPSA) is 97.5 Å². The first kappa shape index (κ1) is 12.3. The fraction of sp³-hybridized carbons (Fsp3) is 0.0909. The summed E-state index contributed by atoms with van der Waals surface area (Å²) in [6.07, 6.45) is 1.36. The molecule has 18 heavy (non-hydrogen) atoms. The van der Waals surface area contributed by atoms with Crippen molar-refractivity contribution >= 4 is 15.8 Å². The van der Waals surface area contributed by atoms with Gasteiger partial charge in [0.1, 0.15) is 5.75 Å². The molecular formula is C11H9NO5S. The average Bonchev–Trinajstić information content (AvgIpc) is 2.81. The van der Waals surface area contributed by atoms with Crippen LogP contribution in [0.4, 0.5) is 0 Å². The van der Waals surface area contributed by atoms with Gasteiger partial charge in [0.25, 0.3) is 0 Å². The molecule has 1 N–H and O–H groups in total. The third-order valence-corrected chi connectivity index (χ3v) is 3.94. The van der Waals surface area contributed by atoms with Crippen LogP contribution in [0.5, 0.6) is 0 Å². The van der Waals surface area contributed by atoms with E-state index < -0.39 is 15.8 Å². The Morgan fingerprint density at radius 2 is 1.89 bits per heavy atom. The van der Waals surface area contributed by atoms with Gasteiger partial charge in [-0.25, -0.2) is 13.2 Å². The van der Waals surface area contributed by atoms with Gasteiger partial charge in [0.2, 0.25) is 0 Å². The molecule has 1 heterocycles. The Kier molecular flexibility index (Phi) is 3.15. The molecule has 1 aromatic carbocycles. The maximum atomic E-state index is 11.9. The second-order valence-corrected chi connectivity index (χ2v) is 5.56. The molecule has 0 aliphatic rings. The van der Waals surface area contributed by atoms with E-state index in [0.29, 0.717) is 0 Å². The van der Waals surface area contributed by atoms with E-state index in [1.165, 1.54) is 36.5 Å². The summed E-state index contributed by atoms with van der Waals surface area (Å²) in [7, 11) is -3.55. The minimum atomic E-state index is -3.55. The molecule has 1 aromatic heterocycles. The van der Waals surface area contributed by atoms with E-state index in [2.05, 4.69) is 5.16 Å². The van der Waals surface area contributed by atoms with Gasteiger partial charge in [-0.15, -0.1) is 0 Å². The van der Waals surface area contributed by atoms with Gasteiger partial charge in [0, 0.05) is 6.07 Å². The van der Waals surface area contributed by atoms with Gasteiger partial charge in [-0.1, -0.05) is 5.16 Å². The van der Waals surface area contributed by atoms with Crippen molar-refractivity contribution in [2.24, 2.45) is 0 Å². The Labute approximate surface area is 103 Å². The maximum Gasteiger partial charge on any atom is 0.335 e. The van der Waals surface area contributed by atoms with E-state index >= 15 is 0 Å². The SMILES string of the molecule is O=C(O)c1ccc(S(=O)(=O)Cc2ccno2)cc1. The van der Waals surface area contributed by atoms with Crippen LogP contribution in [0.3, 0.4) is 0 Å². The monoisotopic (exact) mass is 267 g/mol. The lowest BCUT2D eigenvalue weighted by Crippen LogP contribution is -2.05. The summed E-state index contributed by atoms with van der Waals surface area (Å²) in [5.41, 5.74) is 0.0358. The highest BCUT2D eigenvalue weighted by molar-refractivity contribution is 7.90. The Balaban J connectivity index is 2.27. The average molecular weight is 267 g/mol. The molecule has 0 unspecified atom stereocenters. The van der Waals surface area contributed by atoms with Crippen molar-refractivity contribution in [2.75, 3.05) is 0 Å². The molecule has 6 nitrogen and oxygen atoms in total. The fourth-order valence-electron chi connectivity index (χ4n) is 1.39. The Hall–Kier alpha value is -2.15. The molecule has 94 valence electrons. The standard InChI is InChI=1S/C11H9NO5S/c13-11(14)8-1-3-10(4-2-8)18(15,16)7-9-5-6-12-17-9/h1-6H,7H2,(H,13,14). The number of carboxylic acids is 1. The smallest absolute Gasteiger partial charge is 0.335 e. The van der Waals surface area contributed by atoms with Crippen molar-refractivity contribution in [1.82, 2.24) is 5.16 Å². The van der Waals surface area contributed by atoms with Gasteiger partial charge in [0.15, 0.2) is 15.6 Å². The first-order valence-electron chi connectivity index (χ1n) is 4.95. The van der Waals surface area contributed by atoms with Gasteiger partial charge in [-0.05, 0) is 24.3 Å². The number of nitrogens with zero attached hydrogens (tertiary/aromatic N) is 1. The molecule has 2 aromatic rings. The molecule has 0 atom stereocenters. The van der Waals surface area contributed by atoms with Crippen LogP contribution in [-0.4, -0.2) is 24.7 Å². The van der Waals surface area contributed by atoms with Gasteiger partial charge in [-0.2, -0.15) is 0 Å². The van der Waals surface area contributed by atoms with E-state index in [-0.39, 0.29) is 22.0 Å². The van der Waals surface area contributed by atoms with E-state index in [1.54, 1.807) is 0 Å². The molecule has 0 bridgehead atoms. The summed E-state index contributed by atoms with van der Waals surface area (Å²) in [5, 5.41) is 12.1. The predicted molar refractivity (Wildman–Crippen MR) is 60.8 cm³/mol. The zero-order valence-corrected chi connectivity index (χ0v) is 9.92. The number of benzene rings is 1. The highest BCUT2D eigenvalue weighted by Gasteiger charge is 2.17. The highest BCUT2D eigenvalue weighted by atomic mass is 32.2. The maximum absolute atomic E-state index is 11.9. The Morgan fingerprint density at radius 3 is 2.39 bits per heavy atom. The van der Waals surface area contributed by atoms with Crippen LogP contribution in [0.25, 0.3) is 0 Å². The van der Waals surface area contributed by atoms with Crippen LogP contribution >= 0.6 is 0 Å². The largest absolute Gasteiger partial charge is 0.478 e. The molecule has 0 saturated carbocycles. The van der Waals surface area contributed by atoms with Crippen molar-refractivity contribution in [3.8, 4) is 0 Å². The Bertz CT molecular complexity index is 643. The number of rotatable bonds is 4. The molecule has 0 radical (unpaired) electrons. The van der Waals surface area contributed by atoms with Gasteiger partial charge < -0.3 is 9.63 Å². The van der Waals surface area contributed by atoms with E-state index in [4.69, 9.17) is 9.63 Å². The highest BCUT2D eigenvalue weighted by Crippen LogP contribution is 2.16. The lowest BCUT2D eigenvalue weighted by atomic mass is 10.2. The number of hydrogen-bond donors (Lipinski definition) is 1. The van der Waals surface area contributed by atoms with E-state index in [9.17, 15) is 13.2 Å². The van der Waals surface area contributed by atoms with Crippen LogP contribution < -0.4 is 0 Å². The molecule has 0 spiro atoms. The van der Waals surface area contributed by atoms with Gasteiger partial charge in [0.05, 0.1) is 16.7 Å². The number of aromatic carboxylic acids is 1. The van der Waals surface area contributed by atoms with Crippen molar-refractivity contribution in [1.29, 1.82) is 0 Å². The molecule has 2 rings (SSSR count). The van der Waals surface area contributed by atoms with Gasteiger partial charge >= 0.3 is 5.97 Å². The van der Waals surface area contributed by atoms with Crippen LogP contribution in [0.15, 0.2) is 45.9 Å². The third-order valence-electron chi connectivity index (χ3n) is 2.28. The van der Waals surface area contributed by atoms with Crippen LogP contribution in [0.2, 0.25) is 0 Å². The quantitative estimate of drug-likeness (QED) is 0.897. The van der Waals surface area contributed by atoms with Crippen molar-refractivity contribution in [3.05, 3.63) is 47.9 Å². The molecule has 0 fully saturated rings. The van der Waals surface area contributed by atoms with Crippen LogP contribution in [0, 0.1) is 0 Å². The number of sulfone groups is 1. The minimum absolute atomic E-state index is 0.0358. The van der Waals surface area contributed by atoms with Crippen molar-refractivity contribution in [3.63, 3.8) is 0 Å². The number of carbonyl (C=O) groups is 1. The number of carboxylic acid groups (broad SMARTS) is 1. The van der Waals surface area contributed by atoms with Crippen LogP contribution in [0.1, 0.15) is 16.1 Å². The summed E-state index contributed by atoms with van der Waals surface area (Å²) in [4.78, 5) is 10.7. The molecule has 0 aliphatic heterocycles. The first-order chi connectivity index (χ1) is 8.49. The lowest BCUT2D eigenvalue weighted by Gasteiger charge is -2.02. The fourth-order valence-corrected chi connectivity index (χ4v) is 2.63. The third kappa shape index (κ3) is 2.57. The molecule has 0 saturated heterocycles. The molecular weight excluding hydrogens is 258 g/mol. The lowest BCUT2D eigenvalue weighted by molar-refractivity contribution is 0.0696. The summed E-state index contributed by atoms with van der Waals surface area (Å²) >= 11 is 0. The second kappa shape index (κ2) is 4.61. The first-order valence-corrected chi connectivity index (χ1v) is 6.60. The zero-order chi connectivity index (χ0) is 13.2. The summed E-state index contributed by atoms with van der Waals surface area (Å²) in [6, 6.07) is 6.47. The number of aromatic nitrogens is 1. The molecule has 0 aliphatic carbocycles. The van der Waals surface area contributed by atoms with Crippen molar-refractivity contribution < 1.29 is 22.8 Å². The van der Waals surface area contributed by atoms with Gasteiger partial charge in [-0.3, -0.25) is 0 Å². The zero-order valence-electron chi connectivity index (χ0n) is 9.11. The molecule has 0 amide bonds. The molecule has 7 heteroatoms. The normalized spacial score (nSPS) is 11.3. The summed E-state index contributed by atoms with van der Waals surface area (Å²) in [5.74, 6) is -1.18. The van der Waals surface area contributed by atoms with E-state index in [0.717, 1.165) is 0 Å². The van der Waals surface area contributed by atoms with Crippen molar-refractivity contribution in [2.45, 2.75) is 10.6 Å².